The van der Waals surface area contributed by atoms with Crippen LogP contribution in [0.3, 0.4) is 0 Å². The summed E-state index contributed by atoms with van der Waals surface area (Å²) in [5, 5.41) is 3.42. The lowest BCUT2D eigenvalue weighted by atomic mass is 10.2. The Morgan fingerprint density at radius 3 is 2.52 bits per heavy atom. The van der Waals surface area contributed by atoms with Crippen molar-refractivity contribution in [3.8, 4) is 5.75 Å². The van der Waals surface area contributed by atoms with Crippen molar-refractivity contribution >= 4 is 29.5 Å². The molecule has 1 aromatic heterocycles. The number of carbonyl (C=O) groups excluding carboxylic acids is 2. The Balaban J connectivity index is 1.85. The highest BCUT2D eigenvalue weighted by atomic mass is 32.2. The predicted octanol–water partition coefficient (Wildman–Crippen LogP) is 2.37. The molecule has 0 unspecified atom stereocenters. The van der Waals surface area contributed by atoms with Gasteiger partial charge in [-0.25, -0.2) is 9.78 Å². The lowest BCUT2D eigenvalue weighted by molar-refractivity contribution is 0.0354. The van der Waals surface area contributed by atoms with Gasteiger partial charge in [-0.2, -0.15) is 0 Å². The first kappa shape index (κ1) is 23.1. The molecule has 0 radical (unpaired) electrons. The summed E-state index contributed by atoms with van der Waals surface area (Å²) >= 11 is 1.41. The van der Waals surface area contributed by atoms with Crippen molar-refractivity contribution in [2.45, 2.75) is 18.6 Å². The number of amides is 1. The minimum atomic E-state index is -0.512. The van der Waals surface area contributed by atoms with Gasteiger partial charge in [0.15, 0.2) is 16.7 Å². The second-order valence-electron chi connectivity index (χ2n) is 6.80. The van der Waals surface area contributed by atoms with Crippen molar-refractivity contribution in [3.05, 3.63) is 35.5 Å². The number of thioether (sulfide) groups is 1. The Kier molecular flexibility index (Phi) is 8.33. The van der Waals surface area contributed by atoms with Gasteiger partial charge in [-0.15, -0.1) is 0 Å². The van der Waals surface area contributed by atoms with E-state index in [9.17, 15) is 9.59 Å². The smallest absolute Gasteiger partial charge is 0.358 e. The normalized spacial score (nSPS) is 14.3. The van der Waals surface area contributed by atoms with Crippen LogP contribution in [0.1, 0.15) is 27.8 Å². The highest BCUT2D eigenvalue weighted by molar-refractivity contribution is 7.98. The van der Waals surface area contributed by atoms with Crippen molar-refractivity contribution in [1.29, 1.82) is 0 Å². The van der Waals surface area contributed by atoms with Crippen LogP contribution in [0.25, 0.3) is 0 Å². The number of anilines is 1. The summed E-state index contributed by atoms with van der Waals surface area (Å²) in [6.07, 6.45) is 1.89. The molecule has 1 saturated heterocycles. The molecule has 10 heteroatoms. The van der Waals surface area contributed by atoms with Crippen LogP contribution in [0.4, 0.5) is 5.82 Å². The number of ether oxygens (including phenoxy) is 3. The molecule has 9 nitrogen and oxygen atoms in total. The molecule has 2 heterocycles. The Morgan fingerprint density at radius 1 is 1.19 bits per heavy atom. The first-order chi connectivity index (χ1) is 15.1. The van der Waals surface area contributed by atoms with Gasteiger partial charge in [0.05, 0.1) is 26.9 Å². The molecular formula is C21H28N4O5S. The van der Waals surface area contributed by atoms with Crippen LogP contribution < -0.4 is 10.1 Å². The van der Waals surface area contributed by atoms with E-state index in [1.54, 1.807) is 38.3 Å². The Morgan fingerprint density at radius 2 is 1.90 bits per heavy atom. The van der Waals surface area contributed by atoms with Crippen LogP contribution in [0.2, 0.25) is 0 Å². The molecule has 0 bridgehead atoms. The molecule has 31 heavy (non-hydrogen) atoms. The molecule has 0 spiro atoms. The average molecular weight is 449 g/mol. The third kappa shape index (κ3) is 5.78. The largest absolute Gasteiger partial charge is 0.497 e. The van der Waals surface area contributed by atoms with Gasteiger partial charge >= 0.3 is 5.97 Å². The quantitative estimate of drug-likeness (QED) is 0.462. The number of benzene rings is 1. The van der Waals surface area contributed by atoms with Crippen LogP contribution in [0, 0.1) is 0 Å². The second-order valence-corrected chi connectivity index (χ2v) is 7.58. The standard InChI is InChI=1S/C21H28N4O5S/c1-4-30-20(27)17-18(22-19(26)15-5-7-16(28-2)8-6-15)23-21(31-3)25(17)10-9-24-11-13-29-14-12-24/h5-8H,4,9-14H2,1-3H3,(H,22,26). The molecule has 1 aliphatic rings. The molecule has 3 rings (SSSR count). The number of rotatable bonds is 9. The van der Waals surface area contributed by atoms with Crippen molar-refractivity contribution < 1.29 is 23.8 Å². The SMILES string of the molecule is CCOC(=O)c1c(NC(=O)c2ccc(OC)cc2)nc(SC)n1CCN1CCOCC1. The van der Waals surface area contributed by atoms with Crippen molar-refractivity contribution in [2.75, 3.05) is 58.1 Å². The van der Waals surface area contributed by atoms with E-state index in [0.29, 0.717) is 36.2 Å². The van der Waals surface area contributed by atoms with Gasteiger partial charge in [-0.1, -0.05) is 11.8 Å². The highest BCUT2D eigenvalue weighted by Crippen LogP contribution is 2.25. The van der Waals surface area contributed by atoms with E-state index in [1.165, 1.54) is 11.8 Å². The highest BCUT2D eigenvalue weighted by Gasteiger charge is 2.26. The van der Waals surface area contributed by atoms with E-state index in [2.05, 4.69) is 15.2 Å². The number of morpholine rings is 1. The third-order valence-electron chi connectivity index (χ3n) is 4.91. The molecular weight excluding hydrogens is 420 g/mol. The maximum Gasteiger partial charge on any atom is 0.358 e. The number of carbonyl (C=O) groups is 2. The van der Waals surface area contributed by atoms with Gasteiger partial charge in [-0.05, 0) is 37.4 Å². The summed E-state index contributed by atoms with van der Waals surface area (Å²) in [7, 11) is 1.56. The van der Waals surface area contributed by atoms with E-state index in [-0.39, 0.29) is 24.0 Å². The van der Waals surface area contributed by atoms with Crippen LogP contribution in [0.15, 0.2) is 29.4 Å². The summed E-state index contributed by atoms with van der Waals surface area (Å²) in [5.74, 6) is -0.0209. The Labute approximate surface area is 186 Å². The number of methoxy groups -OCH3 is 1. The van der Waals surface area contributed by atoms with Crippen LogP contribution >= 0.6 is 11.8 Å². The molecule has 1 N–H and O–H groups in total. The number of hydrogen-bond donors (Lipinski definition) is 1. The maximum atomic E-state index is 12.8. The molecule has 2 aromatic rings. The van der Waals surface area contributed by atoms with Crippen LogP contribution in [-0.2, 0) is 16.0 Å². The predicted molar refractivity (Wildman–Crippen MR) is 118 cm³/mol. The summed E-state index contributed by atoms with van der Waals surface area (Å²) < 4.78 is 17.6. The van der Waals surface area contributed by atoms with Gasteiger partial charge in [0.25, 0.3) is 5.91 Å². The van der Waals surface area contributed by atoms with E-state index in [0.717, 1.165) is 19.6 Å². The van der Waals surface area contributed by atoms with Crippen molar-refractivity contribution in [3.63, 3.8) is 0 Å². The summed E-state index contributed by atoms with van der Waals surface area (Å²) in [4.78, 5) is 32.3. The first-order valence-electron chi connectivity index (χ1n) is 10.1. The summed E-state index contributed by atoms with van der Waals surface area (Å²) in [5.41, 5.74) is 0.686. The van der Waals surface area contributed by atoms with E-state index < -0.39 is 5.97 Å². The third-order valence-corrected chi connectivity index (χ3v) is 5.59. The number of aromatic nitrogens is 2. The summed E-state index contributed by atoms with van der Waals surface area (Å²) in [6.45, 7) is 6.37. The zero-order valence-electron chi connectivity index (χ0n) is 18.1. The number of hydrogen-bond acceptors (Lipinski definition) is 8. The number of imidazole rings is 1. The van der Waals surface area contributed by atoms with Gasteiger partial charge in [0, 0.05) is 31.7 Å². The maximum absolute atomic E-state index is 12.8. The van der Waals surface area contributed by atoms with Gasteiger partial charge in [0.2, 0.25) is 0 Å². The molecule has 1 amide bonds. The molecule has 1 aromatic carbocycles. The van der Waals surface area contributed by atoms with Crippen molar-refractivity contribution in [1.82, 2.24) is 14.5 Å². The minimum absolute atomic E-state index is 0.200. The molecule has 168 valence electrons. The monoisotopic (exact) mass is 448 g/mol. The van der Waals surface area contributed by atoms with E-state index in [4.69, 9.17) is 14.2 Å². The average Bonchev–Trinajstić information content (AvgIpc) is 3.15. The van der Waals surface area contributed by atoms with E-state index >= 15 is 0 Å². The molecule has 1 aliphatic heterocycles. The molecule has 0 saturated carbocycles. The lowest BCUT2D eigenvalue weighted by Gasteiger charge is -2.27. The van der Waals surface area contributed by atoms with Gasteiger partial charge in [0.1, 0.15) is 5.75 Å². The molecule has 0 atom stereocenters. The van der Waals surface area contributed by atoms with Gasteiger partial charge < -0.3 is 24.1 Å². The second kappa shape index (κ2) is 11.2. The number of esters is 1. The number of nitrogens with one attached hydrogen (secondary N) is 1. The summed E-state index contributed by atoms with van der Waals surface area (Å²) in [6, 6.07) is 6.72. The fourth-order valence-electron chi connectivity index (χ4n) is 3.28. The Bertz CT molecular complexity index is 894. The minimum Gasteiger partial charge on any atom is -0.497 e. The number of nitrogens with zero attached hydrogens (tertiary/aromatic N) is 3. The lowest BCUT2D eigenvalue weighted by Crippen LogP contribution is -2.38. The zero-order chi connectivity index (χ0) is 22.2. The topological polar surface area (TPSA) is 94.9 Å². The van der Waals surface area contributed by atoms with Crippen LogP contribution in [-0.4, -0.2) is 79.1 Å². The van der Waals surface area contributed by atoms with E-state index in [1.807, 2.05) is 10.8 Å². The molecule has 0 aliphatic carbocycles. The fourth-order valence-corrected chi connectivity index (χ4v) is 3.86. The van der Waals surface area contributed by atoms with Crippen molar-refractivity contribution in [2.24, 2.45) is 0 Å². The molecule has 1 fully saturated rings. The Hall–Kier alpha value is -2.56. The van der Waals surface area contributed by atoms with Gasteiger partial charge in [-0.3, -0.25) is 9.69 Å². The zero-order valence-corrected chi connectivity index (χ0v) is 18.9. The first-order valence-corrected chi connectivity index (χ1v) is 11.4. The fraction of sp³-hybridized carbons (Fsp3) is 0.476. The van der Waals surface area contributed by atoms with Crippen LogP contribution in [0.5, 0.6) is 5.75 Å².